The smallest absolute Gasteiger partial charge is 0.419 e. The molecule has 22 aromatic rings. The fourth-order valence-electron chi connectivity index (χ4n) is 18.2. The highest BCUT2D eigenvalue weighted by atomic mass is 19.4. The number of phenols is 4. The highest BCUT2D eigenvalue weighted by Crippen LogP contribution is 2.44. The topological polar surface area (TPSA) is 420 Å². The zero-order valence-electron chi connectivity index (χ0n) is 74.1. The summed E-state index contributed by atoms with van der Waals surface area (Å²) in [5.74, 6) is -1.87. The van der Waals surface area contributed by atoms with Crippen LogP contribution in [0.2, 0.25) is 0 Å². The number of pyridine rings is 10. The number of rotatable bonds is 9. The molecule has 136 heavy (non-hydrogen) atoms. The van der Waals surface area contributed by atoms with Crippen LogP contribution in [0.25, 0.3) is 187 Å². The first-order chi connectivity index (χ1) is 65.5. The van der Waals surface area contributed by atoms with E-state index in [-0.39, 0.29) is 61.8 Å². The lowest BCUT2D eigenvalue weighted by Crippen LogP contribution is -2.29. The number of nitrogens with one attached hydrogen (secondary N) is 6. The van der Waals surface area contributed by atoms with E-state index < -0.39 is 40.2 Å². The minimum absolute atomic E-state index is 0.0759. The Morgan fingerprint density at radius 1 is 0.390 bits per heavy atom. The number of halogens is 5. The Kier molecular flexibility index (Phi) is 22.5. The van der Waals surface area contributed by atoms with Crippen LogP contribution in [0.3, 0.4) is 0 Å². The van der Waals surface area contributed by atoms with E-state index >= 15 is 0 Å². The Morgan fingerprint density at radius 3 is 1.27 bits per heavy atom. The van der Waals surface area contributed by atoms with E-state index in [0.717, 1.165) is 138 Å². The normalized spacial score (nSPS) is 12.4. The quantitative estimate of drug-likeness (QED) is 0.0363. The summed E-state index contributed by atoms with van der Waals surface area (Å²) >= 11 is 0. The molecule has 0 amide bonds. The van der Waals surface area contributed by atoms with Crippen molar-refractivity contribution in [2.45, 2.75) is 100 Å². The van der Waals surface area contributed by atoms with Gasteiger partial charge in [0.15, 0.2) is 22.6 Å². The van der Waals surface area contributed by atoms with Gasteiger partial charge in [0.25, 0.3) is 27.8 Å². The van der Waals surface area contributed by atoms with Gasteiger partial charge < -0.3 is 54.2 Å². The number of hydrogen-bond donors (Lipinski definition) is 11. The number of phenolic OH excluding ortho intramolecular Hbond substituents is 4. The number of aryl methyl sites for hydroxylation is 8. The first kappa shape index (κ1) is 88.0. The molecule has 0 spiro atoms. The molecule has 0 saturated carbocycles. The Bertz CT molecular complexity index is 8750. The van der Waals surface area contributed by atoms with E-state index in [9.17, 15) is 71.6 Å². The molecule has 1 saturated heterocycles. The predicted molar refractivity (Wildman–Crippen MR) is 515 cm³/mol. The monoisotopic (exact) mass is 1830 g/mol. The van der Waals surface area contributed by atoms with Crippen molar-refractivity contribution in [1.82, 2.24) is 94.1 Å². The maximum absolute atomic E-state index is 13.7. The van der Waals surface area contributed by atoms with Gasteiger partial charge in [-0.25, -0.2) is 33.7 Å². The lowest BCUT2D eigenvalue weighted by Gasteiger charge is -2.29. The number of aromatic amines is 6. The van der Waals surface area contributed by atoms with Gasteiger partial charge in [-0.3, -0.25) is 44.4 Å². The molecule has 1 fully saturated rings. The van der Waals surface area contributed by atoms with E-state index in [1.165, 1.54) is 41.3 Å². The number of nitrogens with zero attached hydrogens (tertiary/aromatic N) is 14. The van der Waals surface area contributed by atoms with E-state index in [4.69, 9.17) is 0 Å². The van der Waals surface area contributed by atoms with Crippen LogP contribution in [0.5, 0.6) is 23.0 Å². The number of aromatic nitrogens is 19. The van der Waals surface area contributed by atoms with Crippen molar-refractivity contribution in [2.24, 2.45) is 0 Å². The van der Waals surface area contributed by atoms with Gasteiger partial charge in [-0.2, -0.15) is 33.6 Å². The molecule has 682 valence electrons. The molecule has 0 aliphatic carbocycles. The van der Waals surface area contributed by atoms with E-state index in [1.807, 2.05) is 104 Å². The molecule has 1 aliphatic rings. The molecule has 1 aliphatic heterocycles. The highest BCUT2D eigenvalue weighted by Gasteiger charge is 2.35. The lowest BCUT2D eigenvalue weighted by molar-refractivity contribution is -0.138. The summed E-state index contributed by atoms with van der Waals surface area (Å²) in [5, 5.41) is 88.7. The third kappa shape index (κ3) is 15.5. The second kappa shape index (κ2) is 34.8. The number of aromatic hydroxyl groups is 4. The molecule has 30 nitrogen and oxygen atoms in total. The number of fused-ring (bicyclic) bond motifs is 19. The first-order valence-electron chi connectivity index (χ1n) is 43.6. The van der Waals surface area contributed by atoms with Crippen LogP contribution < -0.4 is 32.7 Å². The van der Waals surface area contributed by atoms with Gasteiger partial charge >= 0.3 is 6.18 Å². The molecule has 0 unspecified atom stereocenters. The number of alkyl halides is 3. The van der Waals surface area contributed by atoms with Gasteiger partial charge in [-0.15, -0.1) is 4.73 Å². The standard InChI is InChI=1S/C27H23F3N4O2.C20H14N4O3.C18H14F2N4O.2C18H16N4O2/c1-14-13-31-25-21(14)22-17-7-6-16(34-9-3-2-4-10-34)12-19(17)32-26(36)23(22)24(33-25)15-5-8-20(35)18(11-15)27(28,29)30;1-10-15-16-13-4-2-3-5-14(13)24(27)20(26)17(16)18(21-19(15)23-22-10)11-6-8-12(25)9-7-11;1-3-24-5-4-13-14-9(2)22-23-17(14)21-16(15(13)18(24)25)10-6-11(19)8-12(20)7-10;2*1-3-22-9-8-13-14-10(2)20-21-17(14)19-16(15(13)18(22)24)11-4-6-12(23)7-5-11/h5-8,11-13,35H,2-4,9-10H2,1H3,(H,31,33)(H,32,36);2-9,25,27H,1H3,(H,21,22,23);4-8H,3H2,1-2H3,(H,21,22,23);2*4-9,23H,3H2,1-2H3,(H,19,20,21). The van der Waals surface area contributed by atoms with Crippen LogP contribution in [0.4, 0.5) is 27.6 Å². The van der Waals surface area contributed by atoms with Crippen LogP contribution >= 0.6 is 0 Å². The molecule has 35 heteroatoms. The highest BCUT2D eigenvalue weighted by molar-refractivity contribution is 6.24. The Morgan fingerprint density at radius 2 is 0.809 bits per heavy atom. The van der Waals surface area contributed by atoms with Crippen LogP contribution in [-0.2, 0) is 25.8 Å². The van der Waals surface area contributed by atoms with Gasteiger partial charge in [0.05, 0.1) is 77.4 Å². The average molecular weight is 1830 g/mol. The Balaban J connectivity index is 0.000000110. The molecule has 0 atom stereocenters. The third-order valence-electron chi connectivity index (χ3n) is 24.8. The minimum atomic E-state index is -4.76. The van der Waals surface area contributed by atoms with Crippen molar-refractivity contribution in [3.8, 4) is 79.3 Å². The molecule has 16 heterocycles. The molecule has 11 N–H and O–H groups in total. The van der Waals surface area contributed by atoms with Crippen molar-refractivity contribution in [3.05, 3.63) is 292 Å². The van der Waals surface area contributed by atoms with Gasteiger partial charge in [0.1, 0.15) is 40.3 Å². The molecule has 7 aromatic carbocycles. The molecule has 0 bridgehead atoms. The first-order valence-corrected chi connectivity index (χ1v) is 43.6. The maximum Gasteiger partial charge on any atom is 0.419 e. The third-order valence-corrected chi connectivity index (χ3v) is 24.8. The number of piperidine rings is 1. The van der Waals surface area contributed by atoms with Crippen LogP contribution in [0, 0.1) is 46.3 Å². The van der Waals surface area contributed by atoms with Gasteiger partial charge in [-0.1, -0.05) is 24.3 Å². The van der Waals surface area contributed by atoms with E-state index in [2.05, 4.69) is 80.6 Å². The lowest BCUT2D eigenvalue weighted by atomic mass is 9.97. The average Bonchev–Trinajstić information content (AvgIpc) is 1.35. The summed E-state index contributed by atoms with van der Waals surface area (Å²) in [5.41, 5.74) is 10.7. The van der Waals surface area contributed by atoms with Crippen LogP contribution in [0.15, 0.2) is 219 Å². The van der Waals surface area contributed by atoms with E-state index in [1.54, 1.807) is 107 Å². The number of benzene rings is 7. The van der Waals surface area contributed by atoms with Gasteiger partial charge in [0, 0.05) is 179 Å². The second-order valence-corrected chi connectivity index (χ2v) is 33.2. The summed E-state index contributed by atoms with van der Waals surface area (Å²) in [6.07, 6.45) is 5.77. The number of anilines is 1. The zero-order valence-corrected chi connectivity index (χ0v) is 74.1. The van der Waals surface area contributed by atoms with Gasteiger partial charge in [-0.05, 0) is 220 Å². The molecule has 15 aromatic heterocycles. The number of para-hydroxylation sites is 1. The Hall–Kier alpha value is -17.3. The second-order valence-electron chi connectivity index (χ2n) is 33.2. The molecular formula is C101H83F5N20O10. The Labute approximate surface area is 764 Å². The fourth-order valence-corrected chi connectivity index (χ4v) is 18.2. The summed E-state index contributed by atoms with van der Waals surface area (Å²) in [7, 11) is 0. The van der Waals surface area contributed by atoms with E-state index in [0.29, 0.717) is 124 Å². The minimum Gasteiger partial charge on any atom is -0.508 e. The summed E-state index contributed by atoms with van der Waals surface area (Å²) < 4.78 is 73.5. The SMILES string of the molecule is CCn1ccc2c(c(-c3cc(F)cc(F)c3)nc3n[nH]c(C)c32)c1=O.CCn1ccc2c(c(-c3ccc(O)cc3)nc3n[nH]c(C)c32)c1=O.CCn1ccc2c(c(-c3ccc(O)cc3)nc3n[nH]c(C)c32)c1=O.Cc1[nH]nc2nc(-c3ccc(O)cc3)c3c(=O)n(O)c4ccccc4c3c12.Cc1c[nH]c2nc(-c3ccc(O)c(C(F)(F)F)c3)c3c(=O)[nH]c4cc(N5CCCCC5)ccc4c3c12. The van der Waals surface area contributed by atoms with Crippen molar-refractivity contribution < 1.29 is 47.6 Å². The maximum atomic E-state index is 13.7. The largest absolute Gasteiger partial charge is 0.508 e. The van der Waals surface area contributed by atoms with Gasteiger partial charge in [0.2, 0.25) is 0 Å². The molecule has 0 radical (unpaired) electrons. The number of H-pyrrole nitrogens is 6. The summed E-state index contributed by atoms with van der Waals surface area (Å²) in [4.78, 5) is 96.5. The summed E-state index contributed by atoms with van der Waals surface area (Å²) in [6.45, 7) is 18.7. The summed E-state index contributed by atoms with van der Waals surface area (Å²) in [6, 6.07) is 44.9. The fraction of sp³-hybridized carbons (Fsp3) is 0.168. The van der Waals surface area contributed by atoms with Crippen LogP contribution in [-0.4, -0.2) is 133 Å². The van der Waals surface area contributed by atoms with Crippen molar-refractivity contribution in [2.75, 3.05) is 18.0 Å². The molecule has 23 rings (SSSR count). The van der Waals surface area contributed by atoms with Crippen molar-refractivity contribution in [3.63, 3.8) is 0 Å². The zero-order chi connectivity index (χ0) is 95.3. The van der Waals surface area contributed by atoms with Crippen molar-refractivity contribution in [1.29, 1.82) is 0 Å². The molecular weight excluding hydrogens is 1750 g/mol. The van der Waals surface area contributed by atoms with Crippen molar-refractivity contribution >= 4 is 137 Å². The predicted octanol–water partition coefficient (Wildman–Crippen LogP) is 19.1. The van der Waals surface area contributed by atoms with Crippen LogP contribution in [0.1, 0.15) is 73.9 Å². The number of hydrogen-bond acceptors (Lipinski definition) is 20.